The standard InChI is InChI=1S/C13H27N/c1-5-10-14-12(11(2)3)13(4)8-6-7-9-13/h11-12,14H,5-10H2,1-4H3. The minimum atomic E-state index is 0.573. The molecule has 0 heterocycles. The van der Waals surface area contributed by atoms with Crippen molar-refractivity contribution in [2.24, 2.45) is 11.3 Å². The first-order chi connectivity index (χ1) is 6.60. The quantitative estimate of drug-likeness (QED) is 0.710. The van der Waals surface area contributed by atoms with Crippen molar-refractivity contribution in [2.45, 2.75) is 65.8 Å². The van der Waals surface area contributed by atoms with Gasteiger partial charge in [0.25, 0.3) is 0 Å². The molecule has 0 aromatic carbocycles. The Labute approximate surface area is 89.7 Å². The van der Waals surface area contributed by atoms with Crippen molar-refractivity contribution >= 4 is 0 Å². The maximum absolute atomic E-state index is 3.75. The molecule has 0 aromatic heterocycles. The van der Waals surface area contributed by atoms with Gasteiger partial charge < -0.3 is 5.32 Å². The second-order valence-corrected chi connectivity index (χ2v) is 5.54. The normalized spacial score (nSPS) is 22.9. The summed E-state index contributed by atoms with van der Waals surface area (Å²) in [5, 5.41) is 3.75. The van der Waals surface area contributed by atoms with E-state index in [1.165, 1.54) is 38.6 Å². The number of rotatable bonds is 5. The Morgan fingerprint density at radius 3 is 2.21 bits per heavy atom. The van der Waals surface area contributed by atoms with Gasteiger partial charge in [-0.25, -0.2) is 0 Å². The highest BCUT2D eigenvalue weighted by atomic mass is 14.9. The lowest BCUT2D eigenvalue weighted by Crippen LogP contribution is -2.46. The van der Waals surface area contributed by atoms with Crippen LogP contribution in [0, 0.1) is 11.3 Å². The van der Waals surface area contributed by atoms with Crippen molar-refractivity contribution in [2.75, 3.05) is 6.54 Å². The van der Waals surface area contributed by atoms with Crippen LogP contribution in [0.3, 0.4) is 0 Å². The molecule has 0 radical (unpaired) electrons. The summed E-state index contributed by atoms with van der Waals surface area (Å²) in [6, 6.07) is 0.727. The van der Waals surface area contributed by atoms with Gasteiger partial charge in [0.1, 0.15) is 0 Å². The van der Waals surface area contributed by atoms with Crippen molar-refractivity contribution in [3.8, 4) is 0 Å². The summed E-state index contributed by atoms with van der Waals surface area (Å²) >= 11 is 0. The summed E-state index contributed by atoms with van der Waals surface area (Å²) in [6.07, 6.45) is 6.97. The van der Waals surface area contributed by atoms with Gasteiger partial charge in [0, 0.05) is 6.04 Å². The molecule has 0 saturated heterocycles. The fourth-order valence-electron chi connectivity index (χ4n) is 3.08. The van der Waals surface area contributed by atoms with Crippen LogP contribution in [0.1, 0.15) is 59.8 Å². The molecule has 1 aliphatic carbocycles. The molecular weight excluding hydrogens is 170 g/mol. The largest absolute Gasteiger partial charge is 0.313 e. The summed E-state index contributed by atoms with van der Waals surface area (Å²) in [5.74, 6) is 0.768. The van der Waals surface area contributed by atoms with Crippen LogP contribution in [-0.4, -0.2) is 12.6 Å². The van der Waals surface area contributed by atoms with Crippen LogP contribution in [0.15, 0.2) is 0 Å². The minimum absolute atomic E-state index is 0.573. The first kappa shape index (κ1) is 12.0. The van der Waals surface area contributed by atoms with E-state index in [1.807, 2.05) is 0 Å². The second kappa shape index (κ2) is 5.16. The Hall–Kier alpha value is -0.0400. The van der Waals surface area contributed by atoms with Crippen LogP contribution < -0.4 is 5.32 Å². The van der Waals surface area contributed by atoms with Crippen LogP contribution in [-0.2, 0) is 0 Å². The van der Waals surface area contributed by atoms with Gasteiger partial charge in [-0.15, -0.1) is 0 Å². The molecule has 1 heteroatoms. The van der Waals surface area contributed by atoms with Gasteiger partial charge in [-0.2, -0.15) is 0 Å². The Kier molecular flexibility index (Phi) is 4.43. The topological polar surface area (TPSA) is 12.0 Å². The Balaban J connectivity index is 2.56. The third-order valence-electron chi connectivity index (χ3n) is 3.78. The van der Waals surface area contributed by atoms with Gasteiger partial charge >= 0.3 is 0 Å². The van der Waals surface area contributed by atoms with Gasteiger partial charge in [0.2, 0.25) is 0 Å². The molecule has 0 spiro atoms. The molecule has 1 unspecified atom stereocenters. The SMILES string of the molecule is CCCNC(C(C)C)C1(C)CCCC1. The van der Waals surface area contributed by atoms with Gasteiger partial charge in [-0.05, 0) is 37.1 Å². The maximum Gasteiger partial charge on any atom is 0.0144 e. The van der Waals surface area contributed by atoms with Gasteiger partial charge in [-0.1, -0.05) is 40.5 Å². The predicted molar refractivity (Wildman–Crippen MR) is 63.5 cm³/mol. The van der Waals surface area contributed by atoms with Crippen molar-refractivity contribution in [1.82, 2.24) is 5.32 Å². The van der Waals surface area contributed by atoms with E-state index in [2.05, 4.69) is 33.0 Å². The molecule has 0 aromatic rings. The Morgan fingerprint density at radius 2 is 1.79 bits per heavy atom. The van der Waals surface area contributed by atoms with Crippen molar-refractivity contribution in [3.63, 3.8) is 0 Å². The fourth-order valence-corrected chi connectivity index (χ4v) is 3.08. The summed E-state index contributed by atoms with van der Waals surface area (Å²) in [5.41, 5.74) is 0.573. The van der Waals surface area contributed by atoms with Crippen molar-refractivity contribution in [1.29, 1.82) is 0 Å². The first-order valence-corrected chi connectivity index (χ1v) is 6.33. The summed E-state index contributed by atoms with van der Waals surface area (Å²) in [6.45, 7) is 10.6. The third kappa shape index (κ3) is 2.73. The van der Waals surface area contributed by atoms with Crippen LogP contribution in [0.4, 0.5) is 0 Å². The van der Waals surface area contributed by atoms with E-state index in [-0.39, 0.29) is 0 Å². The smallest absolute Gasteiger partial charge is 0.0144 e. The highest BCUT2D eigenvalue weighted by Crippen LogP contribution is 2.42. The molecule has 0 bridgehead atoms. The molecule has 1 fully saturated rings. The lowest BCUT2D eigenvalue weighted by Gasteiger charge is -2.38. The molecular formula is C13H27N. The fraction of sp³-hybridized carbons (Fsp3) is 1.00. The van der Waals surface area contributed by atoms with Crippen molar-refractivity contribution < 1.29 is 0 Å². The average Bonchev–Trinajstić information content (AvgIpc) is 2.53. The van der Waals surface area contributed by atoms with Gasteiger partial charge in [-0.3, -0.25) is 0 Å². The highest BCUT2D eigenvalue weighted by Gasteiger charge is 2.37. The number of hydrogen-bond acceptors (Lipinski definition) is 1. The van der Waals surface area contributed by atoms with Gasteiger partial charge in [0.15, 0.2) is 0 Å². The van der Waals surface area contributed by atoms with E-state index < -0.39 is 0 Å². The van der Waals surface area contributed by atoms with E-state index >= 15 is 0 Å². The maximum atomic E-state index is 3.75. The molecule has 0 amide bonds. The molecule has 1 nitrogen and oxygen atoms in total. The van der Waals surface area contributed by atoms with E-state index in [0.29, 0.717) is 5.41 Å². The second-order valence-electron chi connectivity index (χ2n) is 5.54. The predicted octanol–water partition coefficient (Wildman–Crippen LogP) is 3.59. The minimum Gasteiger partial charge on any atom is -0.313 e. The zero-order valence-electron chi connectivity index (χ0n) is 10.4. The Bertz CT molecular complexity index is 157. The summed E-state index contributed by atoms with van der Waals surface area (Å²) < 4.78 is 0. The first-order valence-electron chi connectivity index (χ1n) is 6.33. The third-order valence-corrected chi connectivity index (χ3v) is 3.78. The lowest BCUT2D eigenvalue weighted by atomic mass is 9.75. The van der Waals surface area contributed by atoms with Crippen LogP contribution in [0.5, 0.6) is 0 Å². The molecule has 1 atom stereocenters. The summed E-state index contributed by atoms with van der Waals surface area (Å²) in [4.78, 5) is 0. The van der Waals surface area contributed by atoms with Crippen LogP contribution >= 0.6 is 0 Å². The molecule has 1 saturated carbocycles. The monoisotopic (exact) mass is 197 g/mol. The Morgan fingerprint density at radius 1 is 1.21 bits per heavy atom. The molecule has 1 rings (SSSR count). The molecule has 1 aliphatic rings. The van der Waals surface area contributed by atoms with E-state index in [0.717, 1.165) is 12.0 Å². The van der Waals surface area contributed by atoms with Crippen LogP contribution in [0.25, 0.3) is 0 Å². The number of nitrogens with one attached hydrogen (secondary N) is 1. The van der Waals surface area contributed by atoms with Crippen molar-refractivity contribution in [3.05, 3.63) is 0 Å². The van der Waals surface area contributed by atoms with E-state index in [1.54, 1.807) is 0 Å². The molecule has 84 valence electrons. The van der Waals surface area contributed by atoms with Crippen LogP contribution in [0.2, 0.25) is 0 Å². The van der Waals surface area contributed by atoms with Gasteiger partial charge in [0.05, 0.1) is 0 Å². The van der Waals surface area contributed by atoms with E-state index in [4.69, 9.17) is 0 Å². The molecule has 1 N–H and O–H groups in total. The molecule has 0 aliphatic heterocycles. The highest BCUT2D eigenvalue weighted by molar-refractivity contribution is 4.92. The average molecular weight is 197 g/mol. The summed E-state index contributed by atoms with van der Waals surface area (Å²) in [7, 11) is 0. The zero-order valence-corrected chi connectivity index (χ0v) is 10.4. The van der Waals surface area contributed by atoms with E-state index in [9.17, 15) is 0 Å². The lowest BCUT2D eigenvalue weighted by molar-refractivity contribution is 0.175. The zero-order chi connectivity index (χ0) is 10.6. The number of hydrogen-bond donors (Lipinski definition) is 1. The molecule has 14 heavy (non-hydrogen) atoms.